The average molecular weight is 262 g/mol. The van der Waals surface area contributed by atoms with Gasteiger partial charge in [-0.2, -0.15) is 0 Å². The largest absolute Gasteiger partial charge is 0.354 e. The molecule has 2 amide bonds. The molecule has 0 bridgehead atoms. The van der Waals surface area contributed by atoms with Crippen LogP contribution in [-0.4, -0.2) is 56.3 Å². The van der Waals surface area contributed by atoms with E-state index >= 15 is 0 Å². The first kappa shape index (κ1) is 14.0. The predicted molar refractivity (Wildman–Crippen MR) is 63.1 cm³/mol. The zero-order chi connectivity index (χ0) is 12.9. The van der Waals surface area contributed by atoms with Gasteiger partial charge in [0.15, 0.2) is 9.84 Å². The van der Waals surface area contributed by atoms with Gasteiger partial charge in [0.1, 0.15) is 0 Å². The van der Waals surface area contributed by atoms with E-state index in [0.717, 1.165) is 0 Å². The summed E-state index contributed by atoms with van der Waals surface area (Å²) in [6.07, 6.45) is 1.55. The van der Waals surface area contributed by atoms with Crippen LogP contribution >= 0.6 is 0 Å². The molecule has 1 aliphatic rings. The number of nitrogens with zero attached hydrogens (tertiary/aromatic N) is 1. The van der Waals surface area contributed by atoms with Crippen molar-refractivity contribution in [3.05, 3.63) is 0 Å². The van der Waals surface area contributed by atoms with Crippen molar-refractivity contribution in [2.24, 2.45) is 0 Å². The molecule has 1 atom stereocenters. The molecule has 0 unspecified atom stereocenters. The summed E-state index contributed by atoms with van der Waals surface area (Å²) in [5.74, 6) is 0.103. The van der Waals surface area contributed by atoms with E-state index < -0.39 is 9.84 Å². The molecule has 6 nitrogen and oxygen atoms in total. The molecule has 1 N–H and O–H groups in total. The summed E-state index contributed by atoms with van der Waals surface area (Å²) in [5.41, 5.74) is 0. The van der Waals surface area contributed by atoms with Gasteiger partial charge in [0.05, 0.1) is 11.5 Å². The van der Waals surface area contributed by atoms with E-state index in [0.29, 0.717) is 32.3 Å². The summed E-state index contributed by atoms with van der Waals surface area (Å²) in [6, 6.07) is -0.240. The lowest BCUT2D eigenvalue weighted by Gasteiger charge is -2.23. The van der Waals surface area contributed by atoms with Crippen LogP contribution in [0.2, 0.25) is 0 Å². The van der Waals surface area contributed by atoms with Gasteiger partial charge in [-0.05, 0) is 6.42 Å². The van der Waals surface area contributed by atoms with E-state index in [4.69, 9.17) is 0 Å². The van der Waals surface area contributed by atoms with Gasteiger partial charge in [-0.25, -0.2) is 8.42 Å². The maximum absolute atomic E-state index is 11.3. The minimum absolute atomic E-state index is 0.0352. The smallest absolute Gasteiger partial charge is 0.219 e. The molecule has 1 heterocycles. The van der Waals surface area contributed by atoms with Crippen molar-refractivity contribution in [3.8, 4) is 0 Å². The maximum atomic E-state index is 11.3. The number of hydrogen-bond donors (Lipinski definition) is 1. The van der Waals surface area contributed by atoms with E-state index in [2.05, 4.69) is 5.32 Å². The molecule has 7 heteroatoms. The molecule has 1 saturated heterocycles. The third kappa shape index (κ3) is 4.33. The van der Waals surface area contributed by atoms with Gasteiger partial charge in [-0.3, -0.25) is 9.59 Å². The highest BCUT2D eigenvalue weighted by atomic mass is 32.2. The molecule has 98 valence electrons. The van der Waals surface area contributed by atoms with Crippen molar-refractivity contribution in [2.75, 3.05) is 24.6 Å². The van der Waals surface area contributed by atoms with E-state index in [1.165, 1.54) is 4.90 Å². The highest BCUT2D eigenvalue weighted by Gasteiger charge is 2.31. The Labute approximate surface area is 101 Å². The third-order valence-electron chi connectivity index (χ3n) is 2.83. The summed E-state index contributed by atoms with van der Waals surface area (Å²) < 4.78 is 22.6. The number of nitrogens with one attached hydrogen (secondary N) is 1. The number of sulfone groups is 1. The zero-order valence-electron chi connectivity index (χ0n) is 9.89. The molecule has 0 spiro atoms. The number of rotatable bonds is 6. The molecule has 0 aliphatic carbocycles. The summed E-state index contributed by atoms with van der Waals surface area (Å²) in [6.45, 7) is 2.47. The van der Waals surface area contributed by atoms with Crippen LogP contribution in [0.25, 0.3) is 0 Å². The predicted octanol–water partition coefficient (Wildman–Crippen LogP) is -0.842. The van der Waals surface area contributed by atoms with Crippen LogP contribution in [0.4, 0.5) is 0 Å². The Hall–Kier alpha value is -1.11. The number of amides is 2. The summed E-state index contributed by atoms with van der Waals surface area (Å²) in [5, 5.41) is 2.65. The van der Waals surface area contributed by atoms with Crippen LogP contribution in [0.5, 0.6) is 0 Å². The lowest BCUT2D eigenvalue weighted by molar-refractivity contribution is -0.122. The second-order valence-electron chi connectivity index (χ2n) is 4.10. The Morgan fingerprint density at radius 1 is 1.53 bits per heavy atom. The number of hydrogen-bond acceptors (Lipinski definition) is 4. The Morgan fingerprint density at radius 3 is 2.71 bits per heavy atom. The third-order valence-corrected chi connectivity index (χ3v) is 4.58. The lowest BCUT2D eigenvalue weighted by Crippen LogP contribution is -2.40. The van der Waals surface area contributed by atoms with Crippen molar-refractivity contribution in [2.45, 2.75) is 25.8 Å². The SMILES string of the molecule is CCC(=O)NCCN(C=O)[C@H]1CCS(=O)(=O)C1. The maximum Gasteiger partial charge on any atom is 0.219 e. The fourth-order valence-electron chi connectivity index (χ4n) is 1.81. The average Bonchev–Trinajstić information content (AvgIpc) is 2.64. The minimum atomic E-state index is -2.98. The van der Waals surface area contributed by atoms with Crippen molar-refractivity contribution in [1.82, 2.24) is 10.2 Å². The zero-order valence-corrected chi connectivity index (χ0v) is 10.7. The van der Waals surface area contributed by atoms with Crippen LogP contribution in [-0.2, 0) is 19.4 Å². The van der Waals surface area contributed by atoms with E-state index in [1.807, 2.05) is 0 Å². The first-order valence-electron chi connectivity index (χ1n) is 5.66. The first-order valence-corrected chi connectivity index (χ1v) is 7.49. The van der Waals surface area contributed by atoms with Crippen LogP contribution < -0.4 is 5.32 Å². The first-order chi connectivity index (χ1) is 7.98. The van der Waals surface area contributed by atoms with Gasteiger partial charge in [-0.15, -0.1) is 0 Å². The molecule has 1 rings (SSSR count). The highest BCUT2D eigenvalue weighted by molar-refractivity contribution is 7.91. The van der Waals surface area contributed by atoms with Crippen LogP contribution in [0.1, 0.15) is 19.8 Å². The van der Waals surface area contributed by atoms with Gasteiger partial charge < -0.3 is 10.2 Å². The van der Waals surface area contributed by atoms with Crippen LogP contribution in [0, 0.1) is 0 Å². The van der Waals surface area contributed by atoms with E-state index in [1.54, 1.807) is 6.92 Å². The van der Waals surface area contributed by atoms with Gasteiger partial charge >= 0.3 is 0 Å². The number of carbonyl (C=O) groups is 2. The van der Waals surface area contributed by atoms with Gasteiger partial charge in [-0.1, -0.05) is 6.92 Å². The van der Waals surface area contributed by atoms with Gasteiger partial charge in [0, 0.05) is 25.6 Å². The van der Waals surface area contributed by atoms with Crippen molar-refractivity contribution < 1.29 is 18.0 Å². The van der Waals surface area contributed by atoms with E-state index in [-0.39, 0.29) is 23.5 Å². The quantitative estimate of drug-likeness (QED) is 0.633. The van der Waals surface area contributed by atoms with Crippen molar-refractivity contribution >= 4 is 22.2 Å². The van der Waals surface area contributed by atoms with E-state index in [9.17, 15) is 18.0 Å². The molecular formula is C10H18N2O4S. The Bertz CT molecular complexity index is 380. The van der Waals surface area contributed by atoms with Crippen LogP contribution in [0.15, 0.2) is 0 Å². The second-order valence-corrected chi connectivity index (χ2v) is 6.33. The Kier molecular flexibility index (Phi) is 4.92. The fraction of sp³-hybridized carbons (Fsp3) is 0.800. The second kappa shape index (κ2) is 6.00. The number of carbonyl (C=O) groups excluding carboxylic acids is 2. The molecule has 17 heavy (non-hydrogen) atoms. The van der Waals surface area contributed by atoms with Crippen LogP contribution in [0.3, 0.4) is 0 Å². The normalized spacial score (nSPS) is 22.1. The molecular weight excluding hydrogens is 244 g/mol. The molecule has 0 aromatic heterocycles. The molecule has 1 fully saturated rings. The highest BCUT2D eigenvalue weighted by Crippen LogP contribution is 2.16. The molecule has 0 aromatic carbocycles. The topological polar surface area (TPSA) is 83.6 Å². The minimum Gasteiger partial charge on any atom is -0.354 e. The Morgan fingerprint density at radius 2 is 2.24 bits per heavy atom. The van der Waals surface area contributed by atoms with Crippen molar-refractivity contribution in [1.29, 1.82) is 0 Å². The monoisotopic (exact) mass is 262 g/mol. The molecule has 0 saturated carbocycles. The lowest BCUT2D eigenvalue weighted by atomic mass is 10.2. The Balaban J connectivity index is 2.39. The summed E-state index contributed by atoms with van der Waals surface area (Å²) in [4.78, 5) is 23.3. The molecule has 1 aliphatic heterocycles. The summed E-state index contributed by atoms with van der Waals surface area (Å²) in [7, 11) is -2.98. The fourth-order valence-corrected chi connectivity index (χ4v) is 3.55. The standard InChI is InChI=1S/C10H18N2O4S/c1-2-10(14)11-4-5-12(8-13)9-3-6-17(15,16)7-9/h8-9H,2-7H2,1H3,(H,11,14)/t9-/m0/s1. The summed E-state index contributed by atoms with van der Waals surface area (Å²) >= 11 is 0. The van der Waals surface area contributed by atoms with Gasteiger partial charge in [0.25, 0.3) is 0 Å². The molecule has 0 radical (unpaired) electrons. The van der Waals surface area contributed by atoms with Crippen molar-refractivity contribution in [3.63, 3.8) is 0 Å². The molecule has 0 aromatic rings. The van der Waals surface area contributed by atoms with Gasteiger partial charge in [0.2, 0.25) is 12.3 Å².